The molecule has 1 aliphatic rings. The first-order chi connectivity index (χ1) is 12.8. The summed E-state index contributed by atoms with van der Waals surface area (Å²) in [6, 6.07) is 29.5. The maximum atomic E-state index is 4.91. The smallest absolute Gasteiger partial charge is 0.0831 e. The second-order valence-corrected chi connectivity index (χ2v) is 7.20. The third-order valence-electron chi connectivity index (χ3n) is 4.48. The van der Waals surface area contributed by atoms with Crippen molar-refractivity contribution in [3.63, 3.8) is 0 Å². The molecule has 2 nitrogen and oxygen atoms in total. The second-order valence-electron chi connectivity index (χ2n) is 6.29. The van der Waals surface area contributed by atoms with Gasteiger partial charge in [-0.05, 0) is 41.5 Å². The van der Waals surface area contributed by atoms with Gasteiger partial charge in [-0.3, -0.25) is 5.01 Å². The molecule has 26 heavy (non-hydrogen) atoms. The van der Waals surface area contributed by atoms with Gasteiger partial charge in [0.15, 0.2) is 0 Å². The lowest BCUT2D eigenvalue weighted by Gasteiger charge is -2.24. The Morgan fingerprint density at radius 3 is 2.15 bits per heavy atom. The zero-order valence-electron chi connectivity index (χ0n) is 14.3. The van der Waals surface area contributed by atoms with Crippen molar-refractivity contribution in [3.05, 3.63) is 107 Å². The summed E-state index contributed by atoms with van der Waals surface area (Å²) in [5, 5.41) is 7.04. The van der Waals surface area contributed by atoms with Crippen LogP contribution in [-0.4, -0.2) is 5.71 Å². The number of hydrogen-bond acceptors (Lipinski definition) is 2. The number of nitrogens with zero attached hydrogens (tertiary/aromatic N) is 2. The van der Waals surface area contributed by atoms with E-state index >= 15 is 0 Å². The van der Waals surface area contributed by atoms with E-state index in [1.54, 1.807) is 0 Å². The third-order valence-corrected chi connectivity index (χ3v) is 5.01. The van der Waals surface area contributed by atoms with E-state index in [0.717, 1.165) is 22.3 Å². The first-order valence-corrected chi connectivity index (χ1v) is 9.49. The van der Waals surface area contributed by atoms with E-state index in [1.165, 1.54) is 11.1 Å². The molecule has 0 saturated carbocycles. The molecule has 0 saturated heterocycles. The van der Waals surface area contributed by atoms with Crippen molar-refractivity contribution < 1.29 is 0 Å². The zero-order valence-corrected chi connectivity index (χ0v) is 15.9. The summed E-state index contributed by atoms with van der Waals surface area (Å²) in [6.45, 7) is 0. The number of allylic oxidation sites excluding steroid dienone is 1. The van der Waals surface area contributed by atoms with Gasteiger partial charge in [-0.1, -0.05) is 82.7 Å². The van der Waals surface area contributed by atoms with Gasteiger partial charge >= 0.3 is 0 Å². The minimum absolute atomic E-state index is 0.216. The fourth-order valence-electron chi connectivity index (χ4n) is 3.16. The van der Waals surface area contributed by atoms with E-state index in [9.17, 15) is 0 Å². The molecule has 0 radical (unpaired) electrons. The molecule has 3 heteroatoms. The van der Waals surface area contributed by atoms with E-state index < -0.39 is 0 Å². The van der Waals surface area contributed by atoms with E-state index in [-0.39, 0.29) is 6.04 Å². The van der Waals surface area contributed by atoms with Crippen molar-refractivity contribution in [2.45, 2.75) is 12.5 Å². The topological polar surface area (TPSA) is 15.6 Å². The molecule has 1 aliphatic heterocycles. The Hall–Kier alpha value is -2.65. The summed E-state index contributed by atoms with van der Waals surface area (Å²) >= 11 is 3.51. The van der Waals surface area contributed by atoms with Crippen molar-refractivity contribution in [1.29, 1.82) is 0 Å². The molecule has 0 unspecified atom stereocenters. The number of hydrazone groups is 1. The van der Waals surface area contributed by atoms with E-state index in [4.69, 9.17) is 5.10 Å². The molecule has 0 aromatic heterocycles. The fraction of sp³-hybridized carbons (Fsp3) is 0.0870. The van der Waals surface area contributed by atoms with E-state index in [0.29, 0.717) is 0 Å². The summed E-state index contributed by atoms with van der Waals surface area (Å²) in [5.41, 5.74) is 4.66. The average Bonchev–Trinajstić information content (AvgIpc) is 3.13. The second kappa shape index (κ2) is 7.71. The van der Waals surface area contributed by atoms with E-state index in [2.05, 4.69) is 112 Å². The number of halogens is 1. The van der Waals surface area contributed by atoms with Crippen LogP contribution in [0.25, 0.3) is 6.08 Å². The van der Waals surface area contributed by atoms with Crippen molar-refractivity contribution in [2.75, 3.05) is 5.01 Å². The van der Waals surface area contributed by atoms with Gasteiger partial charge in [-0.15, -0.1) is 0 Å². The van der Waals surface area contributed by atoms with Crippen LogP contribution in [0.3, 0.4) is 0 Å². The molecule has 0 amide bonds. The van der Waals surface area contributed by atoms with Crippen molar-refractivity contribution in [1.82, 2.24) is 0 Å². The molecule has 3 aromatic rings. The average molecular weight is 403 g/mol. The molecule has 4 rings (SSSR count). The van der Waals surface area contributed by atoms with Gasteiger partial charge < -0.3 is 0 Å². The summed E-state index contributed by atoms with van der Waals surface area (Å²) < 4.78 is 1.07. The lowest BCUT2D eigenvalue weighted by atomic mass is 10.0. The van der Waals surface area contributed by atoms with Crippen LogP contribution in [-0.2, 0) is 0 Å². The van der Waals surface area contributed by atoms with Crippen LogP contribution in [0.15, 0.2) is 101 Å². The van der Waals surface area contributed by atoms with Crippen LogP contribution < -0.4 is 5.01 Å². The number of anilines is 1. The minimum atomic E-state index is 0.216. The largest absolute Gasteiger partial charge is 0.257 e. The Morgan fingerprint density at radius 1 is 0.808 bits per heavy atom. The van der Waals surface area contributed by atoms with Gasteiger partial charge in [-0.2, -0.15) is 5.10 Å². The van der Waals surface area contributed by atoms with Gasteiger partial charge in [0.25, 0.3) is 0 Å². The highest BCUT2D eigenvalue weighted by Crippen LogP contribution is 2.35. The van der Waals surface area contributed by atoms with Gasteiger partial charge in [0, 0.05) is 10.9 Å². The third kappa shape index (κ3) is 3.78. The van der Waals surface area contributed by atoms with Gasteiger partial charge in [0.1, 0.15) is 0 Å². The normalized spacial score (nSPS) is 16.9. The molecule has 128 valence electrons. The van der Waals surface area contributed by atoms with E-state index in [1.807, 2.05) is 6.07 Å². The Morgan fingerprint density at radius 2 is 1.46 bits per heavy atom. The van der Waals surface area contributed by atoms with Crippen molar-refractivity contribution >= 4 is 33.4 Å². The van der Waals surface area contributed by atoms with Crippen LogP contribution in [0.5, 0.6) is 0 Å². The Labute approximate surface area is 162 Å². The number of rotatable bonds is 4. The fourth-order valence-corrected chi connectivity index (χ4v) is 3.42. The van der Waals surface area contributed by atoms with Gasteiger partial charge in [0.2, 0.25) is 0 Å². The summed E-state index contributed by atoms with van der Waals surface area (Å²) in [6.07, 6.45) is 5.15. The standard InChI is InChI=1S/C23H19BrN2/c24-20-12-15-22(16-13-20)26-23(19-9-5-2-6-10-19)17-21(25-26)14-11-18-7-3-1-4-8-18/h1-16,23H,17H2/b14-11+/t23-/m0/s1. The predicted molar refractivity (Wildman–Crippen MR) is 113 cm³/mol. The first-order valence-electron chi connectivity index (χ1n) is 8.70. The lowest BCUT2D eigenvalue weighted by Crippen LogP contribution is -2.18. The van der Waals surface area contributed by atoms with Gasteiger partial charge in [0.05, 0.1) is 17.4 Å². The molecule has 1 heterocycles. The highest BCUT2D eigenvalue weighted by atomic mass is 79.9. The minimum Gasteiger partial charge on any atom is -0.257 e. The molecule has 3 aromatic carbocycles. The van der Waals surface area contributed by atoms with Gasteiger partial charge in [-0.25, -0.2) is 0 Å². The molecule has 0 spiro atoms. The highest BCUT2D eigenvalue weighted by molar-refractivity contribution is 9.10. The summed E-state index contributed by atoms with van der Waals surface area (Å²) in [4.78, 5) is 0. The van der Waals surface area contributed by atoms with Crippen LogP contribution in [0.4, 0.5) is 5.69 Å². The molecular weight excluding hydrogens is 384 g/mol. The van der Waals surface area contributed by atoms with Crippen molar-refractivity contribution in [3.8, 4) is 0 Å². The predicted octanol–water partition coefficient (Wildman–Crippen LogP) is 6.47. The van der Waals surface area contributed by atoms with Crippen LogP contribution >= 0.6 is 15.9 Å². The molecule has 0 aliphatic carbocycles. The molecule has 0 fully saturated rings. The maximum Gasteiger partial charge on any atom is 0.0831 e. The van der Waals surface area contributed by atoms with Crippen LogP contribution in [0.2, 0.25) is 0 Å². The summed E-state index contributed by atoms with van der Waals surface area (Å²) in [5.74, 6) is 0. The number of benzene rings is 3. The number of hydrogen-bond donors (Lipinski definition) is 0. The van der Waals surface area contributed by atoms with Crippen LogP contribution in [0, 0.1) is 0 Å². The van der Waals surface area contributed by atoms with Crippen molar-refractivity contribution in [2.24, 2.45) is 5.10 Å². The Kier molecular flexibility index (Phi) is 4.98. The molecule has 0 N–H and O–H groups in total. The lowest BCUT2D eigenvalue weighted by molar-refractivity contribution is 0.709. The quantitative estimate of drug-likeness (QED) is 0.488. The molecule has 0 bridgehead atoms. The van der Waals surface area contributed by atoms with Crippen LogP contribution in [0.1, 0.15) is 23.6 Å². The maximum absolute atomic E-state index is 4.91. The SMILES string of the molecule is Brc1ccc(N2N=C(/C=C/c3ccccc3)C[C@H]2c2ccccc2)cc1. The summed E-state index contributed by atoms with van der Waals surface area (Å²) in [7, 11) is 0. The Balaban J connectivity index is 1.65. The molecular formula is C23H19BrN2. The first kappa shape index (κ1) is 16.8. The highest BCUT2D eigenvalue weighted by Gasteiger charge is 2.27. The Bertz CT molecular complexity index is 915. The molecule has 1 atom stereocenters. The zero-order chi connectivity index (χ0) is 17.8. The monoisotopic (exact) mass is 402 g/mol.